The number of hydrogen-bond donors (Lipinski definition) is 0. The number of anilines is 1. The summed E-state index contributed by atoms with van der Waals surface area (Å²) < 4.78 is 38.8. The zero-order valence-electron chi connectivity index (χ0n) is 47.0. The first-order chi connectivity index (χ1) is 38.2. The number of carbonyl (C=O) groups excluding carboxylic acids is 2. The molecule has 82 heavy (non-hydrogen) atoms. The van der Waals surface area contributed by atoms with E-state index in [4.69, 9.17) is 16.3 Å². The number of esters is 1. The number of aldehydes is 1. The fourth-order valence-corrected chi connectivity index (χ4v) is 12.0. The molecule has 0 saturated heterocycles. The van der Waals surface area contributed by atoms with Crippen LogP contribution in [-0.2, 0) is 36.9 Å². The van der Waals surface area contributed by atoms with E-state index < -0.39 is 10.1 Å². The standard InChI is InChI=1S/C40H40ClN2.C20H21N3O3.C7H8O3S.2CH4/c1-39(2)34(42(5)32-22-18-26-12-7-9-16-30(26)36(32)39)24-20-28-14-11-15-29(38(28)41)21-25-35-40(3,4)37-31-17-10-8-13-27(31)19-23-33(37)43(35)6;1-3-14(2)20(25)26-11-10-15-8-9-16(13-24)19(12-15)23-21-17-6-4-5-7-18(17)22-23;1-6-2-4-7(5-3-6)11(8,9)10;;/h7-10,12-13,16-25H,11,14-15H2,1-6H3;4-9,12-14H,3,10-11H2,1-2H3;2-5H,1H3,(H,8,9,10);2*1H4/q+1;;;;/p-1. The molecule has 0 fully saturated rings. The maximum atomic E-state index is 11.8. The number of nitrogens with zero attached hydrogens (tertiary/aromatic N) is 5. The van der Waals surface area contributed by atoms with Gasteiger partial charge in [0.05, 0.1) is 28.5 Å². The van der Waals surface area contributed by atoms with Gasteiger partial charge in [-0.2, -0.15) is 4.58 Å². The smallest absolute Gasteiger partial charge is 0.308 e. The molecule has 0 radical (unpaired) electrons. The molecule has 8 aromatic rings. The van der Waals surface area contributed by atoms with Crippen LogP contribution in [0.2, 0.25) is 0 Å². The van der Waals surface area contributed by atoms with Gasteiger partial charge in [-0.1, -0.05) is 157 Å². The average Bonchev–Trinajstić information content (AvgIpc) is 2.21. The van der Waals surface area contributed by atoms with Crippen LogP contribution < -0.4 is 4.90 Å². The molecule has 0 amide bonds. The summed E-state index contributed by atoms with van der Waals surface area (Å²) in [5.41, 5.74) is 14.7. The van der Waals surface area contributed by atoms with Gasteiger partial charge in [0.25, 0.3) is 0 Å². The second-order valence-electron chi connectivity index (χ2n) is 21.9. The van der Waals surface area contributed by atoms with Crippen molar-refractivity contribution in [3.8, 4) is 5.69 Å². The van der Waals surface area contributed by atoms with Gasteiger partial charge >= 0.3 is 5.97 Å². The molecule has 3 aliphatic rings. The number of ether oxygens (including phenoxy) is 1. The van der Waals surface area contributed by atoms with Gasteiger partial charge < -0.3 is 14.2 Å². The molecule has 11 nitrogen and oxygen atoms in total. The van der Waals surface area contributed by atoms with Crippen LogP contribution >= 0.6 is 11.6 Å². The average molecular weight is 1140 g/mol. The van der Waals surface area contributed by atoms with Gasteiger partial charge in [0.2, 0.25) is 5.69 Å². The normalized spacial score (nSPS) is 16.5. The lowest BCUT2D eigenvalue weighted by Gasteiger charge is -2.25. The number of halogens is 1. The molecule has 13 heteroatoms. The number of fused-ring (bicyclic) bond motifs is 7. The molecule has 0 N–H and O–H groups in total. The predicted molar refractivity (Wildman–Crippen MR) is 336 cm³/mol. The van der Waals surface area contributed by atoms with Crippen LogP contribution in [0.15, 0.2) is 191 Å². The maximum Gasteiger partial charge on any atom is 0.308 e. The van der Waals surface area contributed by atoms with E-state index in [9.17, 15) is 22.6 Å². The number of hydrogen-bond acceptors (Lipinski definition) is 9. The van der Waals surface area contributed by atoms with Crippen molar-refractivity contribution in [3.05, 3.63) is 214 Å². The van der Waals surface area contributed by atoms with Crippen LogP contribution in [0, 0.1) is 12.8 Å². The fraction of sp³-hybridized carbons (Fsp3) is 0.290. The number of aryl methyl sites for hydroxylation is 1. The second kappa shape index (κ2) is 25.6. The molecule has 0 saturated carbocycles. The van der Waals surface area contributed by atoms with Crippen LogP contribution in [0.1, 0.15) is 115 Å². The summed E-state index contributed by atoms with van der Waals surface area (Å²) >= 11 is 7.16. The highest BCUT2D eigenvalue weighted by atomic mass is 35.5. The summed E-state index contributed by atoms with van der Waals surface area (Å²) in [6.07, 6.45) is 14.4. The Morgan fingerprint density at radius 2 is 1.39 bits per heavy atom. The molecular weight excluding hydrogens is 1060 g/mol. The summed E-state index contributed by atoms with van der Waals surface area (Å²) in [7, 11) is 0.114. The quantitative estimate of drug-likeness (QED) is 0.0536. The number of allylic oxidation sites excluding steroid dienone is 8. The van der Waals surface area contributed by atoms with Crippen molar-refractivity contribution in [1.82, 2.24) is 15.0 Å². The molecule has 11 rings (SSSR count). The molecule has 426 valence electrons. The molecular formula is C69H76ClN5O6S. The largest absolute Gasteiger partial charge is 0.744 e. The fourth-order valence-electron chi connectivity index (χ4n) is 11.2. The Balaban J connectivity index is 0.000000210. The van der Waals surface area contributed by atoms with E-state index in [1.54, 1.807) is 18.2 Å². The van der Waals surface area contributed by atoms with Crippen LogP contribution in [-0.4, -0.2) is 71.2 Å². The highest BCUT2D eigenvalue weighted by Gasteiger charge is 2.44. The lowest BCUT2D eigenvalue weighted by Crippen LogP contribution is -2.27. The Labute approximate surface area is 489 Å². The third-order valence-electron chi connectivity index (χ3n) is 15.8. The van der Waals surface area contributed by atoms with Gasteiger partial charge in [-0.3, -0.25) is 9.59 Å². The Kier molecular flexibility index (Phi) is 19.3. The van der Waals surface area contributed by atoms with Crippen molar-refractivity contribution in [2.24, 2.45) is 5.92 Å². The molecule has 7 aromatic carbocycles. The lowest BCUT2D eigenvalue weighted by molar-refractivity contribution is -0.401. The summed E-state index contributed by atoms with van der Waals surface area (Å²) in [5, 5.41) is 15.0. The molecule has 1 unspecified atom stereocenters. The Hall–Kier alpha value is -7.77. The van der Waals surface area contributed by atoms with Crippen LogP contribution in [0.25, 0.3) is 38.3 Å². The second-order valence-corrected chi connectivity index (χ2v) is 23.6. The van der Waals surface area contributed by atoms with Crippen molar-refractivity contribution in [1.29, 1.82) is 0 Å². The van der Waals surface area contributed by atoms with Gasteiger partial charge in [-0.25, -0.2) is 8.42 Å². The van der Waals surface area contributed by atoms with Crippen molar-refractivity contribution in [2.75, 3.05) is 25.6 Å². The highest BCUT2D eigenvalue weighted by molar-refractivity contribution is 7.85. The van der Waals surface area contributed by atoms with Crippen molar-refractivity contribution in [3.63, 3.8) is 0 Å². The van der Waals surface area contributed by atoms with Crippen LogP contribution in [0.3, 0.4) is 0 Å². The van der Waals surface area contributed by atoms with E-state index in [1.165, 1.54) is 83.5 Å². The molecule has 2 aliphatic heterocycles. The molecule has 1 atom stereocenters. The zero-order valence-corrected chi connectivity index (χ0v) is 48.5. The minimum atomic E-state index is -4.27. The Morgan fingerprint density at radius 3 is 2.01 bits per heavy atom. The number of aromatic nitrogens is 3. The molecule has 3 heterocycles. The minimum absolute atomic E-state index is 0. The first-order valence-electron chi connectivity index (χ1n) is 27.2. The number of rotatable bonds is 11. The zero-order chi connectivity index (χ0) is 57.1. The monoisotopic (exact) mass is 1140 g/mol. The van der Waals surface area contributed by atoms with Gasteiger partial charge in [0, 0.05) is 58.6 Å². The lowest BCUT2D eigenvalue weighted by atomic mass is 9.79. The van der Waals surface area contributed by atoms with Gasteiger partial charge in [0.1, 0.15) is 28.2 Å². The van der Waals surface area contributed by atoms with Crippen molar-refractivity contribution in [2.45, 2.75) is 111 Å². The van der Waals surface area contributed by atoms with Crippen LogP contribution in [0.5, 0.6) is 0 Å². The van der Waals surface area contributed by atoms with E-state index >= 15 is 0 Å². The van der Waals surface area contributed by atoms with E-state index in [0.29, 0.717) is 24.3 Å². The van der Waals surface area contributed by atoms with E-state index in [-0.39, 0.29) is 42.5 Å². The first kappa shape index (κ1) is 61.8. The van der Waals surface area contributed by atoms with Crippen LogP contribution in [0.4, 0.5) is 11.4 Å². The Morgan fingerprint density at radius 1 is 0.780 bits per heavy atom. The topological polar surface area (TPSA) is 138 Å². The van der Waals surface area contributed by atoms with E-state index in [0.717, 1.165) is 59.2 Å². The highest BCUT2D eigenvalue weighted by Crippen LogP contribution is 2.50. The van der Waals surface area contributed by atoms with Crippen molar-refractivity contribution >= 4 is 83.6 Å². The summed E-state index contributed by atoms with van der Waals surface area (Å²) in [4.78, 5) is 26.8. The number of likely N-dealkylation sites (N-methyl/N-ethyl adjacent to an activating group) is 1. The Bertz CT molecular complexity index is 3950. The van der Waals surface area contributed by atoms with Gasteiger partial charge in [-0.15, -0.1) is 15.0 Å². The van der Waals surface area contributed by atoms with Gasteiger partial charge in [0.15, 0.2) is 12.0 Å². The summed E-state index contributed by atoms with van der Waals surface area (Å²) in [5.74, 6) is -0.277. The molecule has 0 bridgehead atoms. The third-order valence-corrected chi connectivity index (χ3v) is 17.1. The molecule has 1 aliphatic carbocycles. The predicted octanol–water partition coefficient (Wildman–Crippen LogP) is 16.0. The number of carbonyl (C=O) groups is 2. The molecule has 1 aromatic heterocycles. The summed E-state index contributed by atoms with van der Waals surface area (Å²) in [6, 6.07) is 45.2. The number of benzene rings is 7. The minimum Gasteiger partial charge on any atom is -0.744 e. The molecule has 0 spiro atoms. The SMILES string of the molecule is C.C.CCC(C)C(=O)OCCc1ccc(C=O)c(-n2nc3ccccc3n2)c1.CN1/C(=C/C=C2\CCCC(/C=C/C3=[N+](C)c4ccc5ccccc5c4C3(C)C)=C2Cl)C(C)(C)c2c1ccc1ccccc21.Cc1ccc(S(=O)(=O)[O-])cc1. The first-order valence-corrected chi connectivity index (χ1v) is 29.0. The van der Waals surface area contributed by atoms with Crippen molar-refractivity contribution < 1.29 is 31.9 Å². The van der Waals surface area contributed by atoms with E-state index in [2.05, 4.69) is 159 Å². The van der Waals surface area contributed by atoms with E-state index in [1.807, 2.05) is 57.2 Å². The van der Waals surface area contributed by atoms with Gasteiger partial charge in [-0.05, 0) is 145 Å². The third kappa shape index (κ3) is 12.6. The maximum absolute atomic E-state index is 11.8. The summed E-state index contributed by atoms with van der Waals surface area (Å²) in [6.45, 7) is 15.3.